The lowest BCUT2D eigenvalue weighted by Gasteiger charge is -2.59. The highest BCUT2D eigenvalue weighted by molar-refractivity contribution is 7.80. The zero-order chi connectivity index (χ0) is 22.8. The number of nitrogens with one attached hydrogen (secondary N) is 1. The molecule has 0 saturated heterocycles. The summed E-state index contributed by atoms with van der Waals surface area (Å²) in [5, 5.41) is 2.94. The molecule has 0 radical (unpaired) electrons. The van der Waals surface area contributed by atoms with Gasteiger partial charge in [-0.05, 0) is 81.3 Å². The van der Waals surface area contributed by atoms with Crippen molar-refractivity contribution in [2.24, 2.45) is 28.9 Å². The molecule has 5 aliphatic rings. The number of hydrogen-bond donors (Lipinski definition) is 2. The molecule has 10 heteroatoms. The van der Waals surface area contributed by atoms with Crippen molar-refractivity contribution >= 4 is 40.4 Å². The van der Waals surface area contributed by atoms with Crippen molar-refractivity contribution < 1.29 is 22.7 Å². The molecule has 0 spiro atoms. The number of carbonyl (C=O) groups excluding carboxylic acids is 2. The van der Waals surface area contributed by atoms with Crippen LogP contribution in [0.25, 0.3) is 0 Å². The Hall–Kier alpha value is -1.71. The van der Waals surface area contributed by atoms with E-state index in [1.165, 1.54) is 18.2 Å². The van der Waals surface area contributed by atoms with Gasteiger partial charge in [0.25, 0.3) is 0 Å². The van der Waals surface area contributed by atoms with E-state index in [2.05, 4.69) is 5.32 Å². The van der Waals surface area contributed by atoms with Crippen LogP contribution >= 0.6 is 11.6 Å². The molecule has 5 fully saturated rings. The van der Waals surface area contributed by atoms with E-state index in [1.807, 2.05) is 0 Å². The number of amides is 2. The van der Waals surface area contributed by atoms with Gasteiger partial charge < -0.3 is 15.6 Å². The fourth-order valence-electron chi connectivity index (χ4n) is 6.98. The summed E-state index contributed by atoms with van der Waals surface area (Å²) in [7, 11) is 0. The van der Waals surface area contributed by atoms with Crippen LogP contribution in [-0.4, -0.2) is 32.2 Å². The quantitative estimate of drug-likeness (QED) is 0.606. The van der Waals surface area contributed by atoms with Crippen LogP contribution in [0.15, 0.2) is 18.2 Å². The summed E-state index contributed by atoms with van der Waals surface area (Å²) in [5.74, 6) is -0.792. The average Bonchev–Trinajstić information content (AvgIpc) is 2.69. The van der Waals surface area contributed by atoms with Crippen LogP contribution in [0.5, 0.6) is 0 Å². The van der Waals surface area contributed by atoms with Gasteiger partial charge in [0.1, 0.15) is 5.54 Å². The standard InChI is InChI=1S/C22H27ClFN3O4S/c23-15-3-1-4-16(17(15)24)27(32(30)31)22(5-2-6-22)20(29)26-18-13-7-12-8-14(18)11-21(9-12,10-13)19(25)28/h1,3-4,12-14,18H,2,5-11H2,(H2,25,28)(H,26,29)(H,30,31)/p-1. The Labute approximate surface area is 193 Å². The Bertz CT molecular complexity index is 987. The van der Waals surface area contributed by atoms with Crippen molar-refractivity contribution in [1.82, 2.24) is 5.32 Å². The average molecular weight is 483 g/mol. The summed E-state index contributed by atoms with van der Waals surface area (Å²) in [6, 6.07) is 3.99. The Morgan fingerprint density at radius 2 is 1.88 bits per heavy atom. The summed E-state index contributed by atoms with van der Waals surface area (Å²) in [5.41, 5.74) is 3.68. The van der Waals surface area contributed by atoms with Crippen molar-refractivity contribution in [1.29, 1.82) is 0 Å². The molecule has 3 atom stereocenters. The number of hydrogen-bond acceptors (Lipinski definition) is 4. The largest absolute Gasteiger partial charge is 0.755 e. The van der Waals surface area contributed by atoms with Gasteiger partial charge in [-0.25, -0.2) is 4.39 Å². The lowest BCUT2D eigenvalue weighted by molar-refractivity contribution is -0.148. The first-order chi connectivity index (χ1) is 15.2. The highest BCUT2D eigenvalue weighted by Crippen LogP contribution is 2.60. The molecular weight excluding hydrogens is 457 g/mol. The van der Waals surface area contributed by atoms with Crippen LogP contribution in [0.3, 0.4) is 0 Å². The van der Waals surface area contributed by atoms with Gasteiger partial charge in [0.2, 0.25) is 11.8 Å². The van der Waals surface area contributed by atoms with Gasteiger partial charge >= 0.3 is 0 Å². The van der Waals surface area contributed by atoms with E-state index >= 15 is 0 Å². The Balaban J connectivity index is 1.43. The van der Waals surface area contributed by atoms with Gasteiger partial charge in [-0.2, -0.15) is 0 Å². The summed E-state index contributed by atoms with van der Waals surface area (Å²) >= 11 is 3.02. The number of anilines is 1. The number of rotatable bonds is 6. The number of benzene rings is 1. The maximum absolute atomic E-state index is 14.8. The van der Waals surface area contributed by atoms with Crippen LogP contribution in [0.4, 0.5) is 10.1 Å². The summed E-state index contributed by atoms with van der Waals surface area (Å²) in [4.78, 5) is 25.8. The molecule has 1 aromatic rings. The minimum Gasteiger partial charge on any atom is -0.755 e. The third kappa shape index (κ3) is 3.19. The second-order valence-corrected chi connectivity index (χ2v) is 11.3. The number of carbonyl (C=O) groups is 2. The molecule has 3 N–H and O–H groups in total. The molecule has 5 saturated carbocycles. The molecule has 0 heterocycles. The van der Waals surface area contributed by atoms with Crippen LogP contribution in [0.1, 0.15) is 51.4 Å². The highest BCUT2D eigenvalue weighted by Gasteiger charge is 2.59. The first kappa shape index (κ1) is 22.1. The maximum Gasteiger partial charge on any atom is 0.247 e. The maximum atomic E-state index is 14.8. The molecule has 32 heavy (non-hydrogen) atoms. The van der Waals surface area contributed by atoms with E-state index in [1.54, 1.807) is 0 Å². The lowest BCUT2D eigenvalue weighted by atomic mass is 9.47. The number of primary amides is 1. The number of nitrogens with zero attached hydrogens (tertiary/aromatic N) is 1. The molecule has 4 bridgehead atoms. The fraction of sp³-hybridized carbons (Fsp3) is 0.636. The second kappa shape index (κ2) is 7.67. The fourth-order valence-corrected chi connectivity index (χ4v) is 8.01. The molecule has 6 rings (SSSR count). The van der Waals surface area contributed by atoms with Gasteiger partial charge in [-0.15, -0.1) is 0 Å². The van der Waals surface area contributed by atoms with Crippen molar-refractivity contribution in [3.05, 3.63) is 29.0 Å². The molecule has 0 aromatic heterocycles. The van der Waals surface area contributed by atoms with Gasteiger partial charge in [0.15, 0.2) is 5.82 Å². The van der Waals surface area contributed by atoms with Crippen molar-refractivity contribution in [2.45, 2.75) is 62.9 Å². The van der Waals surface area contributed by atoms with Crippen LogP contribution in [0, 0.1) is 29.0 Å². The van der Waals surface area contributed by atoms with Gasteiger partial charge in [-0.1, -0.05) is 17.7 Å². The minimum atomic E-state index is -2.87. The lowest BCUT2D eigenvalue weighted by Crippen LogP contribution is -2.68. The molecule has 7 nitrogen and oxygen atoms in total. The van der Waals surface area contributed by atoms with Crippen LogP contribution in [-0.2, 0) is 20.9 Å². The monoisotopic (exact) mass is 482 g/mol. The van der Waals surface area contributed by atoms with E-state index in [9.17, 15) is 22.7 Å². The van der Waals surface area contributed by atoms with Gasteiger partial charge in [0.05, 0.1) is 10.7 Å². The molecule has 5 aliphatic carbocycles. The van der Waals surface area contributed by atoms with E-state index in [0.717, 1.165) is 23.6 Å². The van der Waals surface area contributed by atoms with Gasteiger partial charge in [-0.3, -0.25) is 18.1 Å². The minimum absolute atomic E-state index is 0.129. The highest BCUT2D eigenvalue weighted by atomic mass is 35.5. The molecule has 0 aliphatic heterocycles. The molecule has 174 valence electrons. The molecular formula is C22H26ClFN3O4S-. The molecule has 3 unspecified atom stereocenters. The zero-order valence-corrected chi connectivity index (χ0v) is 19.1. The third-order valence-corrected chi connectivity index (χ3v) is 9.52. The van der Waals surface area contributed by atoms with E-state index in [4.69, 9.17) is 17.3 Å². The second-order valence-electron chi connectivity index (χ2n) is 10.1. The van der Waals surface area contributed by atoms with Crippen LogP contribution < -0.4 is 15.4 Å². The zero-order valence-electron chi connectivity index (χ0n) is 17.5. The first-order valence-electron chi connectivity index (χ1n) is 11.1. The summed E-state index contributed by atoms with van der Waals surface area (Å²) in [6.45, 7) is 0. The predicted molar refractivity (Wildman–Crippen MR) is 117 cm³/mol. The van der Waals surface area contributed by atoms with Gasteiger partial charge in [0, 0.05) is 22.7 Å². The van der Waals surface area contributed by atoms with E-state index in [0.29, 0.717) is 38.0 Å². The summed E-state index contributed by atoms with van der Waals surface area (Å²) < 4.78 is 40.1. The smallest absolute Gasteiger partial charge is 0.247 e. The topological polar surface area (TPSA) is 116 Å². The van der Waals surface area contributed by atoms with Crippen molar-refractivity contribution in [3.63, 3.8) is 0 Å². The number of nitrogens with two attached hydrogens (primary N) is 1. The van der Waals surface area contributed by atoms with Crippen molar-refractivity contribution in [3.8, 4) is 0 Å². The van der Waals surface area contributed by atoms with E-state index in [-0.39, 0.29) is 34.5 Å². The van der Waals surface area contributed by atoms with Crippen molar-refractivity contribution in [2.75, 3.05) is 4.31 Å². The van der Waals surface area contributed by atoms with Crippen LogP contribution in [0.2, 0.25) is 5.02 Å². The third-order valence-electron chi connectivity index (χ3n) is 8.38. The SMILES string of the molecule is NC(=O)C12CC3CC(C1)C(NC(=O)C1(N(c4cccc(Cl)c4F)S(=O)[O-])CCC1)C(C3)C2. The Morgan fingerprint density at radius 3 is 2.41 bits per heavy atom. The Kier molecular flexibility index (Phi) is 5.30. The van der Waals surface area contributed by atoms with E-state index < -0.39 is 33.9 Å². The first-order valence-corrected chi connectivity index (χ1v) is 12.5. The summed E-state index contributed by atoms with van der Waals surface area (Å²) in [6.07, 6.45) is 5.28. The molecule has 1 aromatic carbocycles. The number of halogens is 2. The Morgan fingerprint density at radius 1 is 1.22 bits per heavy atom. The molecule has 2 amide bonds. The predicted octanol–water partition coefficient (Wildman–Crippen LogP) is 2.80. The normalized spacial score (nSPS) is 35.1.